The van der Waals surface area contributed by atoms with Gasteiger partial charge in [0.1, 0.15) is 16.8 Å². The van der Waals surface area contributed by atoms with Gasteiger partial charge >= 0.3 is 0 Å². The normalized spacial score (nSPS) is 10.3. The molecule has 0 atom stereocenters. The average molecular weight is 248 g/mol. The lowest BCUT2D eigenvalue weighted by atomic mass is 10.2. The molecule has 0 spiro atoms. The van der Waals surface area contributed by atoms with Gasteiger partial charge in [-0.1, -0.05) is 36.7 Å². The van der Waals surface area contributed by atoms with E-state index in [4.69, 9.17) is 11.6 Å². The number of aromatic nitrogens is 2. The van der Waals surface area contributed by atoms with E-state index >= 15 is 0 Å². The molecule has 0 aliphatic rings. The van der Waals surface area contributed by atoms with Gasteiger partial charge in [0.15, 0.2) is 0 Å². The van der Waals surface area contributed by atoms with Crippen LogP contribution in [0.5, 0.6) is 0 Å². The number of halogens is 1. The minimum absolute atomic E-state index is 0.466. The van der Waals surface area contributed by atoms with E-state index in [0.29, 0.717) is 5.15 Å². The van der Waals surface area contributed by atoms with Crippen LogP contribution in [0.15, 0.2) is 30.3 Å². The number of para-hydroxylation sites is 1. The summed E-state index contributed by atoms with van der Waals surface area (Å²) in [5, 5.41) is 3.72. The molecule has 2 rings (SSSR count). The molecule has 2 aromatic rings. The highest BCUT2D eigenvalue weighted by atomic mass is 35.5. The molecular formula is C13H14ClN3. The summed E-state index contributed by atoms with van der Waals surface area (Å²) in [7, 11) is 0. The van der Waals surface area contributed by atoms with Crippen molar-refractivity contribution in [3.8, 4) is 0 Å². The maximum Gasteiger partial charge on any atom is 0.135 e. The van der Waals surface area contributed by atoms with Gasteiger partial charge < -0.3 is 5.32 Å². The van der Waals surface area contributed by atoms with E-state index in [9.17, 15) is 0 Å². The summed E-state index contributed by atoms with van der Waals surface area (Å²) in [5.41, 5.74) is 2.20. The van der Waals surface area contributed by atoms with Crippen molar-refractivity contribution in [3.63, 3.8) is 0 Å². The third kappa shape index (κ3) is 2.94. The molecule has 1 aromatic heterocycles. The molecule has 0 fully saturated rings. The van der Waals surface area contributed by atoms with Crippen LogP contribution in [-0.2, 0) is 6.42 Å². The largest absolute Gasteiger partial charge is 0.340 e. The van der Waals surface area contributed by atoms with Gasteiger partial charge in [0.2, 0.25) is 0 Å². The molecule has 0 bridgehead atoms. The number of nitrogens with one attached hydrogen (secondary N) is 1. The van der Waals surface area contributed by atoms with Gasteiger partial charge in [-0.05, 0) is 18.6 Å². The fourth-order valence-electron chi connectivity index (χ4n) is 1.54. The lowest BCUT2D eigenvalue weighted by Gasteiger charge is -2.09. The zero-order chi connectivity index (χ0) is 12.3. The summed E-state index contributed by atoms with van der Waals surface area (Å²) in [6.45, 7) is 4.05. The van der Waals surface area contributed by atoms with E-state index in [2.05, 4.69) is 15.3 Å². The second kappa shape index (κ2) is 5.15. The number of aryl methyl sites for hydroxylation is 2. The van der Waals surface area contributed by atoms with Crippen molar-refractivity contribution in [1.82, 2.24) is 9.97 Å². The van der Waals surface area contributed by atoms with Gasteiger partial charge in [-0.25, -0.2) is 9.97 Å². The number of benzene rings is 1. The summed E-state index contributed by atoms with van der Waals surface area (Å²) in [6, 6.07) is 9.78. The summed E-state index contributed by atoms with van der Waals surface area (Å²) < 4.78 is 0. The smallest absolute Gasteiger partial charge is 0.135 e. The Morgan fingerprint density at radius 1 is 1.24 bits per heavy atom. The van der Waals surface area contributed by atoms with Crippen molar-refractivity contribution in [2.24, 2.45) is 0 Å². The zero-order valence-electron chi connectivity index (χ0n) is 9.87. The van der Waals surface area contributed by atoms with Crippen molar-refractivity contribution in [2.45, 2.75) is 20.3 Å². The third-order valence-electron chi connectivity index (χ3n) is 2.47. The molecule has 0 aliphatic heterocycles. The Morgan fingerprint density at radius 3 is 2.71 bits per heavy atom. The first-order chi connectivity index (χ1) is 8.19. The summed E-state index contributed by atoms with van der Waals surface area (Å²) in [4.78, 5) is 8.51. The number of rotatable bonds is 3. The van der Waals surface area contributed by atoms with Crippen molar-refractivity contribution >= 4 is 23.1 Å². The van der Waals surface area contributed by atoms with E-state index in [1.165, 1.54) is 5.56 Å². The molecule has 0 unspecified atom stereocenters. The Bertz CT molecular complexity index is 526. The van der Waals surface area contributed by atoms with Crippen molar-refractivity contribution in [1.29, 1.82) is 0 Å². The molecule has 17 heavy (non-hydrogen) atoms. The Hall–Kier alpha value is -1.61. The Balaban J connectivity index is 2.30. The summed E-state index contributed by atoms with van der Waals surface area (Å²) in [5.74, 6) is 1.48. The minimum atomic E-state index is 0.466. The quantitative estimate of drug-likeness (QED) is 0.840. The highest BCUT2D eigenvalue weighted by Crippen LogP contribution is 2.20. The van der Waals surface area contributed by atoms with Crippen molar-refractivity contribution < 1.29 is 0 Å². The minimum Gasteiger partial charge on any atom is -0.340 e. The van der Waals surface area contributed by atoms with Crippen LogP contribution in [0, 0.1) is 6.92 Å². The fraction of sp³-hybridized carbons (Fsp3) is 0.231. The third-order valence-corrected chi connectivity index (χ3v) is 2.66. The first kappa shape index (κ1) is 11.9. The van der Waals surface area contributed by atoms with Gasteiger partial charge in [-0.3, -0.25) is 0 Å². The first-order valence-corrected chi connectivity index (χ1v) is 5.93. The number of nitrogens with zero attached hydrogens (tertiary/aromatic N) is 2. The van der Waals surface area contributed by atoms with Gasteiger partial charge in [0, 0.05) is 18.2 Å². The van der Waals surface area contributed by atoms with Gasteiger partial charge in [0.25, 0.3) is 0 Å². The number of hydrogen-bond donors (Lipinski definition) is 1. The van der Waals surface area contributed by atoms with E-state index in [1.807, 2.05) is 38.1 Å². The predicted molar refractivity (Wildman–Crippen MR) is 70.9 cm³/mol. The second-order valence-electron chi connectivity index (χ2n) is 3.79. The molecule has 1 N–H and O–H groups in total. The van der Waals surface area contributed by atoms with Gasteiger partial charge in [-0.15, -0.1) is 0 Å². The van der Waals surface area contributed by atoms with Crippen LogP contribution in [0.4, 0.5) is 11.5 Å². The van der Waals surface area contributed by atoms with Crippen LogP contribution < -0.4 is 5.32 Å². The average Bonchev–Trinajstić information content (AvgIpc) is 2.31. The standard InChI is InChI=1S/C13H14ClN3/c1-3-12-16-11(14)8-13(17-12)15-10-7-5-4-6-9(10)2/h4-8H,3H2,1-2H3,(H,15,16,17). The first-order valence-electron chi connectivity index (χ1n) is 5.55. The molecule has 0 radical (unpaired) electrons. The van der Waals surface area contributed by atoms with Crippen molar-refractivity contribution in [2.75, 3.05) is 5.32 Å². The molecule has 1 aromatic carbocycles. The molecule has 0 aliphatic carbocycles. The molecule has 0 saturated carbocycles. The second-order valence-corrected chi connectivity index (χ2v) is 4.17. The summed E-state index contributed by atoms with van der Waals surface area (Å²) >= 11 is 5.94. The zero-order valence-corrected chi connectivity index (χ0v) is 10.6. The van der Waals surface area contributed by atoms with Crippen LogP contribution in [0.25, 0.3) is 0 Å². The van der Waals surface area contributed by atoms with Crippen LogP contribution in [-0.4, -0.2) is 9.97 Å². The number of anilines is 2. The molecule has 4 heteroatoms. The van der Waals surface area contributed by atoms with E-state index < -0.39 is 0 Å². The SMILES string of the molecule is CCc1nc(Cl)cc(Nc2ccccc2C)n1. The molecule has 3 nitrogen and oxygen atoms in total. The molecule has 1 heterocycles. The van der Waals surface area contributed by atoms with E-state index in [-0.39, 0.29) is 0 Å². The fourth-order valence-corrected chi connectivity index (χ4v) is 1.74. The van der Waals surface area contributed by atoms with Crippen LogP contribution in [0.2, 0.25) is 5.15 Å². The highest BCUT2D eigenvalue weighted by Gasteiger charge is 2.03. The molecule has 88 valence electrons. The molecule has 0 amide bonds. The van der Waals surface area contributed by atoms with Gasteiger partial charge in [-0.2, -0.15) is 0 Å². The molecule has 0 saturated heterocycles. The lowest BCUT2D eigenvalue weighted by molar-refractivity contribution is 0.943. The highest BCUT2D eigenvalue weighted by molar-refractivity contribution is 6.29. The monoisotopic (exact) mass is 247 g/mol. The topological polar surface area (TPSA) is 37.8 Å². The van der Waals surface area contributed by atoms with Crippen molar-refractivity contribution in [3.05, 3.63) is 46.9 Å². The lowest BCUT2D eigenvalue weighted by Crippen LogP contribution is -2.00. The Morgan fingerprint density at radius 2 is 2.00 bits per heavy atom. The summed E-state index contributed by atoms with van der Waals surface area (Å²) in [6.07, 6.45) is 0.767. The van der Waals surface area contributed by atoms with Crippen LogP contribution in [0.3, 0.4) is 0 Å². The van der Waals surface area contributed by atoms with E-state index in [0.717, 1.165) is 23.8 Å². The van der Waals surface area contributed by atoms with Crippen LogP contribution >= 0.6 is 11.6 Å². The predicted octanol–water partition coefficient (Wildman–Crippen LogP) is 3.74. The number of hydrogen-bond acceptors (Lipinski definition) is 3. The van der Waals surface area contributed by atoms with E-state index in [1.54, 1.807) is 6.07 Å². The Labute approximate surface area is 106 Å². The van der Waals surface area contributed by atoms with Crippen LogP contribution in [0.1, 0.15) is 18.3 Å². The van der Waals surface area contributed by atoms with Gasteiger partial charge in [0.05, 0.1) is 0 Å². The maximum absolute atomic E-state index is 5.94. The maximum atomic E-state index is 5.94. The molecular weight excluding hydrogens is 234 g/mol. The Kier molecular flexibility index (Phi) is 3.59.